The molecule has 0 spiro atoms. The van der Waals surface area contributed by atoms with Crippen molar-refractivity contribution >= 4 is 57.6 Å². The Morgan fingerprint density at radius 1 is 1.29 bits per heavy atom. The Morgan fingerprint density at radius 2 is 1.86 bits per heavy atom. The highest BCUT2D eigenvalue weighted by Gasteiger charge is 2.21. The Bertz CT molecular complexity index is 470. The smallest absolute Gasteiger partial charge is 0.191 e. The number of guanidine groups is 1. The van der Waals surface area contributed by atoms with Crippen LogP contribution in [0.1, 0.15) is 19.4 Å². The fourth-order valence-corrected chi connectivity index (χ4v) is 3.33. The van der Waals surface area contributed by atoms with Crippen LogP contribution in [0.3, 0.4) is 0 Å². The highest BCUT2D eigenvalue weighted by atomic mass is 127. The van der Waals surface area contributed by atoms with Crippen LogP contribution >= 0.6 is 51.7 Å². The zero-order chi connectivity index (χ0) is 14.6. The zero-order valence-electron chi connectivity index (χ0n) is 12.5. The maximum Gasteiger partial charge on any atom is 0.191 e. The van der Waals surface area contributed by atoms with Crippen LogP contribution in [0.25, 0.3) is 0 Å². The molecule has 3 nitrogen and oxygen atoms in total. The Hall–Kier alpha value is 0.0500. The van der Waals surface area contributed by atoms with Gasteiger partial charge < -0.3 is 10.6 Å². The molecule has 2 N–H and O–H groups in total. The Balaban J connectivity index is 0.00000220. The van der Waals surface area contributed by atoms with E-state index in [0.29, 0.717) is 12.5 Å². The lowest BCUT2D eigenvalue weighted by atomic mass is 9.85. The van der Waals surface area contributed by atoms with Gasteiger partial charge in [0, 0.05) is 34.5 Å². The van der Waals surface area contributed by atoms with Gasteiger partial charge in [-0.15, -0.1) is 24.0 Å². The maximum atomic E-state index is 6.12. The van der Waals surface area contributed by atoms with E-state index in [1.807, 2.05) is 11.8 Å². The monoisotopic (exact) mass is 483 g/mol. The summed E-state index contributed by atoms with van der Waals surface area (Å²) in [6, 6.07) is 8.44. The van der Waals surface area contributed by atoms with Gasteiger partial charge in [-0.05, 0) is 17.7 Å². The van der Waals surface area contributed by atoms with E-state index in [1.54, 1.807) is 0 Å². The van der Waals surface area contributed by atoms with Crippen molar-refractivity contribution in [3.05, 3.63) is 34.3 Å². The molecule has 1 aliphatic heterocycles. The summed E-state index contributed by atoms with van der Waals surface area (Å²) >= 11 is 5.45. The normalized spacial score (nSPS) is 16.5. The van der Waals surface area contributed by atoms with Crippen LogP contribution in [0.2, 0.25) is 0 Å². The molecular weight excluding hydrogens is 461 g/mol. The first-order valence-corrected chi connectivity index (χ1v) is 8.82. The molecule has 2 rings (SSSR count). The summed E-state index contributed by atoms with van der Waals surface area (Å²) in [7, 11) is 0. The van der Waals surface area contributed by atoms with E-state index in [4.69, 9.17) is 5.73 Å². The lowest BCUT2D eigenvalue weighted by molar-refractivity contribution is 0.449. The first-order chi connectivity index (χ1) is 9.49. The summed E-state index contributed by atoms with van der Waals surface area (Å²) in [6.07, 6.45) is 0. The third-order valence-corrected chi connectivity index (χ3v) is 5.07. The van der Waals surface area contributed by atoms with Gasteiger partial charge in [0.25, 0.3) is 0 Å². The van der Waals surface area contributed by atoms with Gasteiger partial charge in [-0.2, -0.15) is 11.8 Å². The molecule has 0 aromatic heterocycles. The van der Waals surface area contributed by atoms with Crippen LogP contribution in [0.15, 0.2) is 33.7 Å². The average Bonchev–Trinajstić information content (AvgIpc) is 2.46. The summed E-state index contributed by atoms with van der Waals surface area (Å²) < 4.78 is 1.10. The average molecular weight is 484 g/mol. The molecule has 6 heteroatoms. The molecule has 0 amide bonds. The molecule has 1 aliphatic rings. The van der Waals surface area contributed by atoms with E-state index in [9.17, 15) is 0 Å². The lowest BCUT2D eigenvalue weighted by Crippen LogP contribution is -2.43. The summed E-state index contributed by atoms with van der Waals surface area (Å²) in [5, 5.41) is 0. The van der Waals surface area contributed by atoms with Gasteiger partial charge in [-0.1, -0.05) is 41.9 Å². The maximum absolute atomic E-state index is 6.12. The fraction of sp³-hybridized carbons (Fsp3) is 0.533. The van der Waals surface area contributed by atoms with Gasteiger partial charge in [-0.25, -0.2) is 0 Å². The van der Waals surface area contributed by atoms with Crippen LogP contribution in [0.5, 0.6) is 0 Å². The Kier molecular flexibility index (Phi) is 7.84. The molecule has 0 unspecified atom stereocenters. The minimum absolute atomic E-state index is 0. The van der Waals surface area contributed by atoms with Gasteiger partial charge in [-0.3, -0.25) is 4.99 Å². The van der Waals surface area contributed by atoms with Gasteiger partial charge in [0.15, 0.2) is 5.96 Å². The number of halogens is 2. The molecule has 1 heterocycles. The number of nitrogens with two attached hydrogens (primary N) is 1. The van der Waals surface area contributed by atoms with Gasteiger partial charge in [0.1, 0.15) is 0 Å². The van der Waals surface area contributed by atoms with E-state index < -0.39 is 0 Å². The summed E-state index contributed by atoms with van der Waals surface area (Å²) in [5.74, 6) is 2.98. The standard InChI is InChI=1S/C15H22BrN3S.HI/c1-15(2,12-3-5-13(16)6-4-12)11-18-14(17)19-7-9-20-10-8-19;/h3-6H,7-11H2,1-2H3,(H2,17,18);1H. The second-order valence-corrected chi connectivity index (χ2v) is 7.81. The van der Waals surface area contributed by atoms with Crippen molar-refractivity contribution in [2.45, 2.75) is 19.3 Å². The highest BCUT2D eigenvalue weighted by Crippen LogP contribution is 2.25. The number of aliphatic imine (C=N–C) groups is 1. The minimum atomic E-state index is -0.00411. The van der Waals surface area contributed by atoms with Crippen molar-refractivity contribution < 1.29 is 0 Å². The summed E-state index contributed by atoms with van der Waals surface area (Å²) in [4.78, 5) is 6.81. The van der Waals surface area contributed by atoms with Gasteiger partial charge in [0.2, 0.25) is 0 Å². The van der Waals surface area contributed by atoms with E-state index in [-0.39, 0.29) is 29.4 Å². The first-order valence-electron chi connectivity index (χ1n) is 6.88. The van der Waals surface area contributed by atoms with Crippen molar-refractivity contribution in [3.63, 3.8) is 0 Å². The van der Waals surface area contributed by atoms with Gasteiger partial charge in [0.05, 0.1) is 6.54 Å². The third kappa shape index (κ3) is 5.63. The number of thioether (sulfide) groups is 1. The largest absolute Gasteiger partial charge is 0.370 e. The third-order valence-electron chi connectivity index (χ3n) is 3.60. The summed E-state index contributed by atoms with van der Waals surface area (Å²) in [5.41, 5.74) is 7.40. The molecule has 118 valence electrons. The van der Waals surface area contributed by atoms with Gasteiger partial charge >= 0.3 is 0 Å². The van der Waals surface area contributed by atoms with Crippen LogP contribution in [-0.4, -0.2) is 42.0 Å². The zero-order valence-corrected chi connectivity index (χ0v) is 17.2. The molecule has 0 saturated carbocycles. The van der Waals surface area contributed by atoms with E-state index in [1.165, 1.54) is 5.56 Å². The molecule has 0 aliphatic carbocycles. The number of hydrogen-bond acceptors (Lipinski definition) is 2. The molecule has 1 aromatic rings. The highest BCUT2D eigenvalue weighted by molar-refractivity contribution is 14.0. The molecule has 0 radical (unpaired) electrons. The predicted molar refractivity (Wildman–Crippen MR) is 108 cm³/mol. The minimum Gasteiger partial charge on any atom is -0.370 e. The second-order valence-electron chi connectivity index (χ2n) is 5.66. The Morgan fingerprint density at radius 3 is 2.43 bits per heavy atom. The van der Waals surface area contributed by atoms with Crippen LogP contribution < -0.4 is 5.73 Å². The molecule has 1 saturated heterocycles. The van der Waals surface area contributed by atoms with Crippen LogP contribution in [0, 0.1) is 0 Å². The molecule has 21 heavy (non-hydrogen) atoms. The lowest BCUT2D eigenvalue weighted by Gasteiger charge is -2.29. The van der Waals surface area contributed by atoms with Crippen molar-refractivity contribution in [1.29, 1.82) is 0 Å². The van der Waals surface area contributed by atoms with Crippen LogP contribution in [-0.2, 0) is 5.41 Å². The molecule has 0 atom stereocenters. The first kappa shape index (κ1) is 19.1. The fourth-order valence-electron chi connectivity index (χ4n) is 2.16. The molecule has 1 aromatic carbocycles. The SMILES string of the molecule is CC(C)(CN=C(N)N1CCSCC1)c1ccc(Br)cc1.I. The molecule has 1 fully saturated rings. The molecular formula is C15H23BrIN3S. The van der Waals surface area contributed by atoms with Crippen molar-refractivity contribution in [2.24, 2.45) is 10.7 Å². The van der Waals surface area contributed by atoms with E-state index in [2.05, 4.69) is 63.9 Å². The quantitative estimate of drug-likeness (QED) is 0.404. The van der Waals surface area contributed by atoms with E-state index in [0.717, 1.165) is 29.1 Å². The van der Waals surface area contributed by atoms with Crippen molar-refractivity contribution in [1.82, 2.24) is 4.90 Å². The second kappa shape index (κ2) is 8.62. The van der Waals surface area contributed by atoms with Crippen molar-refractivity contribution in [3.8, 4) is 0 Å². The number of hydrogen-bond donors (Lipinski definition) is 1. The number of rotatable bonds is 3. The van der Waals surface area contributed by atoms with E-state index >= 15 is 0 Å². The van der Waals surface area contributed by atoms with Crippen molar-refractivity contribution in [2.75, 3.05) is 31.1 Å². The van der Waals surface area contributed by atoms with Crippen LogP contribution in [0.4, 0.5) is 0 Å². The Labute approximate surface area is 157 Å². The topological polar surface area (TPSA) is 41.6 Å². The number of nitrogens with zero attached hydrogens (tertiary/aromatic N) is 2. The predicted octanol–water partition coefficient (Wildman–Crippen LogP) is 3.71. The molecule has 0 bridgehead atoms. The summed E-state index contributed by atoms with van der Waals surface area (Å²) in [6.45, 7) is 7.15. The number of benzene rings is 1.